The minimum atomic E-state index is -3.81. The predicted octanol–water partition coefficient (Wildman–Crippen LogP) is 4.14. The van der Waals surface area contributed by atoms with Gasteiger partial charge in [-0.15, -0.1) is 0 Å². The number of fused-ring (bicyclic) bond motifs is 1. The Labute approximate surface area is 220 Å². The van der Waals surface area contributed by atoms with Crippen molar-refractivity contribution in [2.75, 3.05) is 20.5 Å². The van der Waals surface area contributed by atoms with E-state index in [4.69, 9.17) is 32.7 Å². The van der Waals surface area contributed by atoms with Crippen molar-refractivity contribution in [3.8, 4) is 22.6 Å². The van der Waals surface area contributed by atoms with Gasteiger partial charge in [-0.25, -0.2) is 13.4 Å². The van der Waals surface area contributed by atoms with Gasteiger partial charge in [0.2, 0.25) is 15.0 Å². The quantitative estimate of drug-likeness (QED) is 0.183. The summed E-state index contributed by atoms with van der Waals surface area (Å²) in [4.78, 5) is 32.6. The van der Waals surface area contributed by atoms with Crippen LogP contribution in [0.15, 0.2) is 52.5 Å². The van der Waals surface area contributed by atoms with Gasteiger partial charge in [-0.1, -0.05) is 35.3 Å². The first-order valence-electron chi connectivity index (χ1n) is 10.4. The summed E-state index contributed by atoms with van der Waals surface area (Å²) in [6, 6.07) is 8.58. The van der Waals surface area contributed by atoms with Crippen molar-refractivity contribution in [1.29, 1.82) is 0 Å². The van der Waals surface area contributed by atoms with Crippen LogP contribution in [0.5, 0.6) is 11.5 Å². The molecule has 0 aliphatic rings. The lowest BCUT2D eigenvalue weighted by molar-refractivity contribution is -0.384. The highest BCUT2D eigenvalue weighted by molar-refractivity contribution is 7.90. The maximum atomic E-state index is 13.9. The Balaban J connectivity index is 2.09. The number of nitro groups is 1. The maximum Gasteiger partial charge on any atom is 0.269 e. The fourth-order valence-electron chi connectivity index (χ4n) is 3.72. The molecule has 0 aliphatic carbocycles. The molecule has 0 amide bonds. The molecular formula is C23H18Cl2N4O7S. The second-order valence-electron chi connectivity index (χ2n) is 7.86. The van der Waals surface area contributed by atoms with Crippen molar-refractivity contribution in [2.24, 2.45) is 0 Å². The summed E-state index contributed by atoms with van der Waals surface area (Å²) in [6.45, 7) is -0.179. The summed E-state index contributed by atoms with van der Waals surface area (Å²) in [6.07, 6.45) is 2.19. The van der Waals surface area contributed by atoms with E-state index in [1.54, 1.807) is 6.07 Å². The highest BCUT2D eigenvalue weighted by Gasteiger charge is 2.24. The molecule has 4 rings (SSSR count). The molecule has 0 aliphatic heterocycles. The van der Waals surface area contributed by atoms with E-state index in [1.807, 2.05) is 0 Å². The van der Waals surface area contributed by atoms with Crippen molar-refractivity contribution in [3.63, 3.8) is 0 Å². The molecule has 14 heteroatoms. The number of hydrogen-bond donors (Lipinski definition) is 0. The van der Waals surface area contributed by atoms with Gasteiger partial charge in [-0.05, 0) is 11.6 Å². The van der Waals surface area contributed by atoms with Gasteiger partial charge in [-0.2, -0.15) is 4.98 Å². The van der Waals surface area contributed by atoms with E-state index in [2.05, 4.69) is 9.97 Å². The first-order valence-corrected chi connectivity index (χ1v) is 13.0. The third-order valence-corrected chi connectivity index (χ3v) is 7.05. The van der Waals surface area contributed by atoms with Crippen LogP contribution in [0.25, 0.3) is 22.2 Å². The molecule has 2 heterocycles. The van der Waals surface area contributed by atoms with Crippen LogP contribution < -0.4 is 15.0 Å². The lowest BCUT2D eigenvalue weighted by atomic mass is 10.0. The number of halogens is 2. The minimum Gasteiger partial charge on any atom is -0.495 e. The summed E-state index contributed by atoms with van der Waals surface area (Å²) in [5, 5.41) is 11.2. The van der Waals surface area contributed by atoms with E-state index >= 15 is 0 Å². The lowest BCUT2D eigenvalue weighted by Gasteiger charge is -2.17. The molecule has 2 aromatic heterocycles. The van der Waals surface area contributed by atoms with Crippen LogP contribution in [0.4, 0.5) is 5.69 Å². The van der Waals surface area contributed by atoms with Gasteiger partial charge < -0.3 is 9.47 Å². The largest absolute Gasteiger partial charge is 0.495 e. The Hall–Kier alpha value is -3.74. The zero-order valence-electron chi connectivity index (χ0n) is 19.6. The number of sulfone groups is 1. The van der Waals surface area contributed by atoms with Crippen molar-refractivity contribution in [3.05, 3.63) is 78.7 Å². The molecule has 0 atom stereocenters. The van der Waals surface area contributed by atoms with Crippen LogP contribution in [0.2, 0.25) is 10.0 Å². The number of benzene rings is 2. The number of pyridine rings is 1. The molecule has 0 saturated carbocycles. The number of nitrogens with zero attached hydrogens (tertiary/aromatic N) is 4. The average Bonchev–Trinajstić information content (AvgIpc) is 2.86. The second-order valence-corrected chi connectivity index (χ2v) is 10.5. The highest BCUT2D eigenvalue weighted by Crippen LogP contribution is 2.45. The molecule has 0 bridgehead atoms. The van der Waals surface area contributed by atoms with Gasteiger partial charge in [0.05, 0.1) is 41.3 Å². The normalized spacial score (nSPS) is 11.5. The summed E-state index contributed by atoms with van der Waals surface area (Å²) in [5.74, 6) is 0.401. The Morgan fingerprint density at radius 1 is 1.08 bits per heavy atom. The fraction of sp³-hybridized carbons (Fsp3) is 0.174. The fourth-order valence-corrected chi connectivity index (χ4v) is 4.92. The van der Waals surface area contributed by atoms with E-state index in [-0.39, 0.29) is 50.6 Å². The molecule has 11 nitrogen and oxygen atoms in total. The van der Waals surface area contributed by atoms with E-state index in [0.717, 1.165) is 6.26 Å². The minimum absolute atomic E-state index is 0.00205. The molecule has 4 aromatic rings. The van der Waals surface area contributed by atoms with Crippen LogP contribution in [-0.2, 0) is 16.4 Å². The van der Waals surface area contributed by atoms with Crippen molar-refractivity contribution in [1.82, 2.24) is 14.5 Å². The number of ether oxygens (including phenoxy) is 2. The first-order chi connectivity index (χ1) is 17.5. The number of nitro benzene ring substituents is 1. The predicted molar refractivity (Wildman–Crippen MR) is 138 cm³/mol. The SMILES string of the molecule is COc1cc(OC)c(Cl)c(-c2cc3cnc(S(C)(=O)=O)nc3n(Cc3cccc([N+](=O)[O-])c3)c2=O)c1Cl. The van der Waals surface area contributed by atoms with Crippen molar-refractivity contribution < 1.29 is 22.8 Å². The zero-order chi connectivity index (χ0) is 27.1. The van der Waals surface area contributed by atoms with Crippen LogP contribution in [0, 0.1) is 10.1 Å². The summed E-state index contributed by atoms with van der Waals surface area (Å²) < 4.78 is 36.0. The summed E-state index contributed by atoms with van der Waals surface area (Å²) in [5.41, 5.74) is -0.280. The monoisotopic (exact) mass is 564 g/mol. The Morgan fingerprint density at radius 3 is 2.30 bits per heavy atom. The van der Waals surface area contributed by atoms with Crippen molar-refractivity contribution in [2.45, 2.75) is 11.7 Å². The third kappa shape index (κ3) is 4.95. The van der Waals surface area contributed by atoms with Gasteiger partial charge >= 0.3 is 0 Å². The van der Waals surface area contributed by atoms with Gasteiger partial charge in [0, 0.05) is 41.6 Å². The van der Waals surface area contributed by atoms with Gasteiger partial charge in [0.15, 0.2) is 0 Å². The molecule has 0 spiro atoms. The standard InChI is InChI=1S/C23H18Cl2N4O7S/c1-35-16-9-17(36-2)20(25)18(19(16)24)15-8-13-10-26-23(37(3,33)34)27-21(13)28(22(15)30)11-12-5-4-6-14(7-12)29(31)32/h4-10H,11H2,1-3H3. The molecule has 0 unspecified atom stereocenters. The van der Waals surface area contributed by atoms with Crippen molar-refractivity contribution >= 4 is 49.8 Å². The van der Waals surface area contributed by atoms with Gasteiger partial charge in [-0.3, -0.25) is 19.5 Å². The summed E-state index contributed by atoms with van der Waals surface area (Å²) >= 11 is 13.1. The third-order valence-electron chi connectivity index (χ3n) is 5.44. The highest BCUT2D eigenvalue weighted by atomic mass is 35.5. The number of non-ortho nitro benzene ring substituents is 1. The van der Waals surface area contributed by atoms with E-state index in [9.17, 15) is 23.3 Å². The lowest BCUT2D eigenvalue weighted by Crippen LogP contribution is -2.24. The molecule has 37 heavy (non-hydrogen) atoms. The molecule has 0 fully saturated rings. The second kappa shape index (κ2) is 9.96. The van der Waals surface area contributed by atoms with Crippen LogP contribution in [0.3, 0.4) is 0 Å². The zero-order valence-corrected chi connectivity index (χ0v) is 21.9. The smallest absolute Gasteiger partial charge is 0.269 e. The Kier molecular flexibility index (Phi) is 7.09. The summed E-state index contributed by atoms with van der Waals surface area (Å²) in [7, 11) is -1.03. The number of rotatable bonds is 7. The van der Waals surface area contributed by atoms with E-state index in [1.165, 1.54) is 55.3 Å². The molecule has 192 valence electrons. The average molecular weight is 565 g/mol. The van der Waals surface area contributed by atoms with Crippen LogP contribution >= 0.6 is 23.2 Å². The number of hydrogen-bond acceptors (Lipinski definition) is 9. The molecular weight excluding hydrogens is 547 g/mol. The first kappa shape index (κ1) is 26.3. The molecule has 2 aromatic carbocycles. The number of aromatic nitrogens is 3. The van der Waals surface area contributed by atoms with Gasteiger partial charge in [0.1, 0.15) is 17.1 Å². The number of methoxy groups -OCH3 is 2. The topological polar surface area (TPSA) is 144 Å². The Bertz CT molecular complexity index is 1710. The molecule has 0 N–H and O–H groups in total. The van der Waals surface area contributed by atoms with E-state index in [0.29, 0.717) is 10.9 Å². The van der Waals surface area contributed by atoms with E-state index < -0.39 is 25.5 Å². The van der Waals surface area contributed by atoms with Gasteiger partial charge in [0.25, 0.3) is 11.2 Å². The Morgan fingerprint density at radius 2 is 1.73 bits per heavy atom. The molecule has 0 radical (unpaired) electrons. The molecule has 0 saturated heterocycles. The van der Waals surface area contributed by atoms with Crippen LogP contribution in [-0.4, -0.2) is 48.4 Å². The van der Waals surface area contributed by atoms with Crippen LogP contribution in [0.1, 0.15) is 5.56 Å². The maximum absolute atomic E-state index is 13.9.